The van der Waals surface area contributed by atoms with Crippen molar-refractivity contribution in [3.63, 3.8) is 0 Å². The van der Waals surface area contributed by atoms with Crippen LogP contribution in [0.15, 0.2) is 18.2 Å². The van der Waals surface area contributed by atoms with E-state index in [2.05, 4.69) is 9.97 Å². The fraction of sp³-hybridized carbons (Fsp3) is 0.500. The van der Waals surface area contributed by atoms with Crippen molar-refractivity contribution in [3.8, 4) is 0 Å². The van der Waals surface area contributed by atoms with Gasteiger partial charge < -0.3 is 4.98 Å². The van der Waals surface area contributed by atoms with Gasteiger partial charge in [-0.2, -0.15) is 0 Å². The van der Waals surface area contributed by atoms with Crippen LogP contribution >= 0.6 is 0 Å². The smallest absolute Gasteiger partial charge is 0.125 e. The molecule has 0 unspecified atom stereocenters. The summed E-state index contributed by atoms with van der Waals surface area (Å²) in [4.78, 5) is 7.70. The number of benzene rings is 1. The molecule has 17 heavy (non-hydrogen) atoms. The quantitative estimate of drug-likeness (QED) is 0.856. The van der Waals surface area contributed by atoms with E-state index in [4.69, 9.17) is 0 Å². The third-order valence-electron chi connectivity index (χ3n) is 3.76. The predicted molar refractivity (Wildman–Crippen MR) is 66.3 cm³/mol. The summed E-state index contributed by atoms with van der Waals surface area (Å²) in [7, 11) is 0. The fourth-order valence-corrected chi connectivity index (χ4v) is 2.79. The second kappa shape index (κ2) is 4.47. The van der Waals surface area contributed by atoms with Crippen molar-refractivity contribution in [2.24, 2.45) is 5.92 Å². The molecule has 1 fully saturated rings. The number of nitrogens with one attached hydrogen (secondary N) is 1. The first kappa shape index (κ1) is 10.8. The van der Waals surface area contributed by atoms with E-state index in [9.17, 15) is 4.39 Å². The van der Waals surface area contributed by atoms with Crippen molar-refractivity contribution >= 4 is 11.0 Å². The molecular weight excluding hydrogens is 215 g/mol. The van der Waals surface area contributed by atoms with Crippen LogP contribution in [0.3, 0.4) is 0 Å². The standard InChI is InChI=1S/C14H17FN2/c15-11-6-7-12-13(9-11)17-14(16-12)8-5-10-3-1-2-4-10/h6-7,9-10H,1-5,8H2,(H,16,17). The van der Waals surface area contributed by atoms with Crippen LogP contribution < -0.4 is 0 Å². The lowest BCUT2D eigenvalue weighted by molar-refractivity contribution is 0.498. The number of aromatic nitrogens is 2. The van der Waals surface area contributed by atoms with E-state index in [1.165, 1.54) is 44.2 Å². The van der Waals surface area contributed by atoms with Crippen LogP contribution in [0.1, 0.15) is 37.9 Å². The number of rotatable bonds is 3. The van der Waals surface area contributed by atoms with Gasteiger partial charge in [0.05, 0.1) is 11.0 Å². The molecule has 0 saturated heterocycles. The third kappa shape index (κ3) is 2.33. The Morgan fingerprint density at radius 2 is 2.12 bits per heavy atom. The zero-order chi connectivity index (χ0) is 11.7. The Hall–Kier alpha value is -1.38. The maximum atomic E-state index is 13.0. The number of imidazole rings is 1. The second-order valence-corrected chi connectivity index (χ2v) is 5.03. The normalized spacial score (nSPS) is 17.0. The number of fused-ring (bicyclic) bond motifs is 1. The largest absolute Gasteiger partial charge is 0.342 e. The molecule has 1 saturated carbocycles. The molecule has 2 aromatic rings. The number of aromatic amines is 1. The van der Waals surface area contributed by atoms with Crippen molar-refractivity contribution in [3.05, 3.63) is 29.8 Å². The minimum Gasteiger partial charge on any atom is -0.342 e. The van der Waals surface area contributed by atoms with Gasteiger partial charge >= 0.3 is 0 Å². The van der Waals surface area contributed by atoms with Gasteiger partial charge in [0.2, 0.25) is 0 Å². The molecule has 0 aliphatic heterocycles. The van der Waals surface area contributed by atoms with E-state index in [0.717, 1.165) is 29.2 Å². The summed E-state index contributed by atoms with van der Waals surface area (Å²) in [5, 5.41) is 0. The van der Waals surface area contributed by atoms with Crippen LogP contribution in [0.5, 0.6) is 0 Å². The fourth-order valence-electron chi connectivity index (χ4n) is 2.79. The summed E-state index contributed by atoms with van der Waals surface area (Å²) in [6, 6.07) is 4.71. The van der Waals surface area contributed by atoms with Crippen molar-refractivity contribution in [2.45, 2.75) is 38.5 Å². The van der Waals surface area contributed by atoms with Crippen molar-refractivity contribution < 1.29 is 4.39 Å². The van der Waals surface area contributed by atoms with Gasteiger partial charge in [-0.15, -0.1) is 0 Å². The Morgan fingerprint density at radius 1 is 1.29 bits per heavy atom. The molecule has 90 valence electrons. The minimum absolute atomic E-state index is 0.205. The molecule has 0 amide bonds. The van der Waals surface area contributed by atoms with Gasteiger partial charge in [-0.1, -0.05) is 25.7 Å². The van der Waals surface area contributed by atoms with Crippen LogP contribution in [0, 0.1) is 11.7 Å². The number of hydrogen-bond acceptors (Lipinski definition) is 1. The molecule has 2 nitrogen and oxygen atoms in total. The molecule has 3 rings (SSSR count). The van der Waals surface area contributed by atoms with Gasteiger partial charge in [0.25, 0.3) is 0 Å². The maximum absolute atomic E-state index is 13.0. The van der Waals surface area contributed by atoms with Crippen LogP contribution in [-0.2, 0) is 6.42 Å². The van der Waals surface area contributed by atoms with Crippen molar-refractivity contribution in [1.29, 1.82) is 0 Å². The van der Waals surface area contributed by atoms with E-state index in [1.807, 2.05) is 0 Å². The number of halogens is 1. The highest BCUT2D eigenvalue weighted by molar-refractivity contribution is 5.74. The lowest BCUT2D eigenvalue weighted by atomic mass is 10.0. The molecule has 1 aliphatic carbocycles. The number of H-pyrrole nitrogens is 1. The van der Waals surface area contributed by atoms with Gasteiger partial charge in [0.1, 0.15) is 11.6 Å². The molecule has 1 aromatic carbocycles. The van der Waals surface area contributed by atoms with E-state index in [1.54, 1.807) is 6.07 Å². The predicted octanol–water partition coefficient (Wildman–Crippen LogP) is 3.82. The average molecular weight is 232 g/mol. The average Bonchev–Trinajstić information content (AvgIpc) is 2.94. The summed E-state index contributed by atoms with van der Waals surface area (Å²) >= 11 is 0. The molecule has 0 radical (unpaired) electrons. The highest BCUT2D eigenvalue weighted by Gasteiger charge is 2.15. The zero-order valence-electron chi connectivity index (χ0n) is 9.88. The third-order valence-corrected chi connectivity index (χ3v) is 3.76. The molecular formula is C14H17FN2. The summed E-state index contributed by atoms with van der Waals surface area (Å²) in [6.07, 6.45) is 7.71. The molecule has 1 aromatic heterocycles. The van der Waals surface area contributed by atoms with Crippen LogP contribution in [0.25, 0.3) is 11.0 Å². The van der Waals surface area contributed by atoms with Gasteiger partial charge in [0, 0.05) is 6.42 Å². The van der Waals surface area contributed by atoms with E-state index in [0.29, 0.717) is 0 Å². The Bertz CT molecular complexity index is 512. The van der Waals surface area contributed by atoms with Crippen LogP contribution in [0.4, 0.5) is 4.39 Å². The van der Waals surface area contributed by atoms with Crippen molar-refractivity contribution in [1.82, 2.24) is 9.97 Å². The van der Waals surface area contributed by atoms with E-state index in [-0.39, 0.29) is 5.82 Å². The highest BCUT2D eigenvalue weighted by atomic mass is 19.1. The van der Waals surface area contributed by atoms with Gasteiger partial charge in [0.15, 0.2) is 0 Å². The van der Waals surface area contributed by atoms with E-state index < -0.39 is 0 Å². The molecule has 1 heterocycles. The lowest BCUT2D eigenvalue weighted by Gasteiger charge is -2.05. The van der Waals surface area contributed by atoms with E-state index >= 15 is 0 Å². The molecule has 1 aliphatic rings. The SMILES string of the molecule is Fc1ccc2nc(CCC3CCCC3)[nH]c2c1. The molecule has 0 spiro atoms. The first-order chi connectivity index (χ1) is 8.31. The summed E-state index contributed by atoms with van der Waals surface area (Å²) in [5.41, 5.74) is 1.68. The second-order valence-electron chi connectivity index (χ2n) is 5.03. The first-order valence-corrected chi connectivity index (χ1v) is 6.45. The van der Waals surface area contributed by atoms with Crippen LogP contribution in [0.2, 0.25) is 0 Å². The monoisotopic (exact) mass is 232 g/mol. The molecule has 3 heteroatoms. The Labute approximate surface area is 100 Å². The summed E-state index contributed by atoms with van der Waals surface area (Å²) in [6.45, 7) is 0. The van der Waals surface area contributed by atoms with Crippen molar-refractivity contribution in [2.75, 3.05) is 0 Å². The number of nitrogens with zero attached hydrogens (tertiary/aromatic N) is 1. The summed E-state index contributed by atoms with van der Waals surface area (Å²) < 4.78 is 13.0. The molecule has 1 N–H and O–H groups in total. The maximum Gasteiger partial charge on any atom is 0.125 e. The topological polar surface area (TPSA) is 28.7 Å². The Balaban J connectivity index is 1.72. The summed E-state index contributed by atoms with van der Waals surface area (Å²) in [5.74, 6) is 1.67. The highest BCUT2D eigenvalue weighted by Crippen LogP contribution is 2.28. The molecule has 0 atom stereocenters. The number of hydrogen-bond donors (Lipinski definition) is 1. The number of aryl methyl sites for hydroxylation is 1. The minimum atomic E-state index is -0.205. The lowest BCUT2D eigenvalue weighted by Crippen LogP contribution is -1.97. The first-order valence-electron chi connectivity index (χ1n) is 6.45. The zero-order valence-corrected chi connectivity index (χ0v) is 9.88. The van der Waals surface area contributed by atoms with Gasteiger partial charge in [-0.25, -0.2) is 9.37 Å². The molecule has 0 bridgehead atoms. The van der Waals surface area contributed by atoms with Gasteiger partial charge in [-0.3, -0.25) is 0 Å². The van der Waals surface area contributed by atoms with Gasteiger partial charge in [-0.05, 0) is 30.5 Å². The van der Waals surface area contributed by atoms with Crippen LogP contribution in [-0.4, -0.2) is 9.97 Å². The Kier molecular flexibility index (Phi) is 2.83. The Morgan fingerprint density at radius 3 is 2.94 bits per heavy atom.